The summed E-state index contributed by atoms with van der Waals surface area (Å²) in [5, 5.41) is 0. The molecule has 154 valence electrons. The molecule has 3 saturated heterocycles. The lowest BCUT2D eigenvalue weighted by Gasteiger charge is -2.35. The van der Waals surface area contributed by atoms with E-state index in [0.29, 0.717) is 12.5 Å². The lowest BCUT2D eigenvalue weighted by atomic mass is 10.0. The summed E-state index contributed by atoms with van der Waals surface area (Å²) in [6, 6.07) is 0.338. The van der Waals surface area contributed by atoms with Crippen molar-refractivity contribution in [2.75, 3.05) is 73.1 Å². The van der Waals surface area contributed by atoms with E-state index in [1.165, 1.54) is 7.11 Å². The van der Waals surface area contributed by atoms with Crippen LogP contribution in [0.4, 0.5) is 4.79 Å². The molecule has 0 aromatic heterocycles. The highest BCUT2D eigenvalue weighted by atomic mass is 16.6. The molecule has 0 bridgehead atoms. The zero-order chi connectivity index (χ0) is 19.2. The van der Waals surface area contributed by atoms with Crippen LogP contribution in [0.2, 0.25) is 0 Å². The smallest absolute Gasteiger partial charge is 0.410 e. The second-order valence-corrected chi connectivity index (χ2v) is 8.01. The summed E-state index contributed by atoms with van der Waals surface area (Å²) in [4.78, 5) is 32.5. The van der Waals surface area contributed by atoms with E-state index in [9.17, 15) is 9.59 Å². The van der Waals surface area contributed by atoms with E-state index in [2.05, 4.69) is 26.5 Å². The molecule has 1 atom stereocenters. The molecule has 0 aliphatic carbocycles. The molecular weight excluding hydrogens is 348 g/mol. The summed E-state index contributed by atoms with van der Waals surface area (Å²) in [5.41, 5.74) is 0. The van der Waals surface area contributed by atoms with Gasteiger partial charge in [0, 0.05) is 45.2 Å². The number of carbonyl (C=O) groups is 2. The second-order valence-electron chi connectivity index (χ2n) is 8.01. The van der Waals surface area contributed by atoms with Crippen LogP contribution in [-0.4, -0.2) is 117 Å². The quantitative estimate of drug-likeness (QED) is 0.593. The summed E-state index contributed by atoms with van der Waals surface area (Å²) in [6.07, 6.45) is 3.28. The maximum atomic E-state index is 12.3. The van der Waals surface area contributed by atoms with Crippen LogP contribution >= 0.6 is 0 Å². The molecule has 8 nitrogen and oxygen atoms in total. The van der Waals surface area contributed by atoms with Gasteiger partial charge < -0.3 is 24.2 Å². The number of nitrogens with zero attached hydrogens (tertiary/aromatic N) is 4. The highest BCUT2D eigenvalue weighted by Gasteiger charge is 2.37. The first-order valence-corrected chi connectivity index (χ1v) is 10.2. The van der Waals surface area contributed by atoms with Crippen LogP contribution in [-0.2, 0) is 14.3 Å². The number of hydrogen-bond donors (Lipinski definition) is 0. The number of likely N-dealkylation sites (tertiary alicyclic amines) is 1. The highest BCUT2D eigenvalue weighted by molar-refractivity contribution is 5.70. The number of esters is 1. The van der Waals surface area contributed by atoms with Crippen molar-refractivity contribution in [2.45, 2.75) is 37.8 Å². The van der Waals surface area contributed by atoms with Gasteiger partial charge in [0.25, 0.3) is 0 Å². The van der Waals surface area contributed by atoms with E-state index in [4.69, 9.17) is 4.74 Å². The van der Waals surface area contributed by atoms with E-state index in [1.807, 2.05) is 4.90 Å². The van der Waals surface area contributed by atoms with E-state index < -0.39 is 0 Å². The van der Waals surface area contributed by atoms with Crippen molar-refractivity contribution in [3.05, 3.63) is 0 Å². The van der Waals surface area contributed by atoms with Gasteiger partial charge in [-0.25, -0.2) is 4.79 Å². The van der Waals surface area contributed by atoms with Crippen LogP contribution in [0.1, 0.15) is 25.7 Å². The fraction of sp³-hybridized carbons (Fsp3) is 0.895. The van der Waals surface area contributed by atoms with E-state index >= 15 is 0 Å². The van der Waals surface area contributed by atoms with Gasteiger partial charge in [-0.05, 0) is 45.9 Å². The minimum Gasteiger partial charge on any atom is -0.469 e. The number of amides is 1. The number of hydrogen-bond acceptors (Lipinski definition) is 7. The number of carbonyl (C=O) groups excluding carboxylic acids is 2. The van der Waals surface area contributed by atoms with Gasteiger partial charge in [0.1, 0.15) is 6.10 Å². The molecule has 0 saturated carbocycles. The first-order chi connectivity index (χ1) is 13.0. The van der Waals surface area contributed by atoms with E-state index in [1.54, 1.807) is 0 Å². The number of piperazine rings is 1. The molecule has 3 aliphatic heterocycles. The molecule has 27 heavy (non-hydrogen) atoms. The van der Waals surface area contributed by atoms with Crippen molar-refractivity contribution in [1.29, 1.82) is 0 Å². The lowest BCUT2D eigenvalue weighted by molar-refractivity contribution is -0.140. The number of cyclic esters (lactones) is 1. The van der Waals surface area contributed by atoms with Gasteiger partial charge in [-0.1, -0.05) is 0 Å². The Kier molecular flexibility index (Phi) is 7.32. The Morgan fingerprint density at radius 1 is 1.11 bits per heavy atom. The molecule has 0 N–H and O–H groups in total. The summed E-state index contributed by atoms with van der Waals surface area (Å²) < 4.78 is 10.3. The third-order valence-corrected chi connectivity index (χ3v) is 6.04. The van der Waals surface area contributed by atoms with Gasteiger partial charge in [-0.2, -0.15) is 0 Å². The molecule has 3 fully saturated rings. The topological polar surface area (TPSA) is 65.6 Å². The number of piperidine rings is 1. The summed E-state index contributed by atoms with van der Waals surface area (Å²) in [5.74, 6) is -0.133. The molecule has 0 aromatic rings. The molecule has 0 aromatic carbocycles. The monoisotopic (exact) mass is 382 g/mol. The minimum absolute atomic E-state index is 0.0111. The largest absolute Gasteiger partial charge is 0.469 e. The molecule has 1 amide bonds. The van der Waals surface area contributed by atoms with Gasteiger partial charge in [-0.3, -0.25) is 9.69 Å². The standard InChI is InChI=1S/C19H34N4O4/c1-20-8-5-16(6-9-20)23-15-17(27-19(23)25)14-22-12-10-21(11-13-22)7-3-4-18(24)26-2/h16-17H,3-15H2,1-2H3. The minimum atomic E-state index is -0.133. The molecule has 3 heterocycles. The Hall–Kier alpha value is -1.38. The van der Waals surface area contributed by atoms with Crippen LogP contribution in [0, 0.1) is 0 Å². The Bertz CT molecular complexity index is 502. The van der Waals surface area contributed by atoms with Crippen LogP contribution in [0.5, 0.6) is 0 Å². The predicted octanol–water partition coefficient (Wildman–Crippen LogP) is 0.472. The van der Waals surface area contributed by atoms with Gasteiger partial charge in [0.15, 0.2) is 0 Å². The summed E-state index contributed by atoms with van der Waals surface area (Å²) >= 11 is 0. The van der Waals surface area contributed by atoms with Gasteiger partial charge in [0.2, 0.25) is 0 Å². The number of rotatable bonds is 7. The van der Waals surface area contributed by atoms with Crippen molar-refractivity contribution < 1.29 is 19.1 Å². The Morgan fingerprint density at radius 3 is 2.44 bits per heavy atom. The zero-order valence-corrected chi connectivity index (χ0v) is 16.8. The van der Waals surface area contributed by atoms with Crippen molar-refractivity contribution in [3.63, 3.8) is 0 Å². The molecular formula is C19H34N4O4. The number of ether oxygens (including phenoxy) is 2. The predicted molar refractivity (Wildman–Crippen MR) is 102 cm³/mol. The van der Waals surface area contributed by atoms with Crippen molar-refractivity contribution in [2.24, 2.45) is 0 Å². The Balaban J connectivity index is 1.35. The summed E-state index contributed by atoms with van der Waals surface area (Å²) in [7, 11) is 3.57. The van der Waals surface area contributed by atoms with Crippen LogP contribution in [0.15, 0.2) is 0 Å². The highest BCUT2D eigenvalue weighted by Crippen LogP contribution is 2.22. The summed E-state index contributed by atoms with van der Waals surface area (Å²) in [6.45, 7) is 8.57. The lowest BCUT2D eigenvalue weighted by Crippen LogP contribution is -2.49. The van der Waals surface area contributed by atoms with Gasteiger partial charge >= 0.3 is 12.1 Å². The fourth-order valence-electron chi connectivity index (χ4n) is 4.27. The molecule has 0 radical (unpaired) electrons. The average Bonchev–Trinajstić information content (AvgIpc) is 3.03. The van der Waals surface area contributed by atoms with Crippen LogP contribution < -0.4 is 0 Å². The molecule has 3 aliphatic rings. The van der Waals surface area contributed by atoms with Crippen molar-refractivity contribution >= 4 is 12.1 Å². The molecule has 8 heteroatoms. The second kappa shape index (κ2) is 9.71. The van der Waals surface area contributed by atoms with E-state index in [0.717, 1.165) is 78.2 Å². The normalized spacial score (nSPS) is 26.4. The molecule has 0 spiro atoms. The zero-order valence-electron chi connectivity index (χ0n) is 16.8. The molecule has 1 unspecified atom stereocenters. The first-order valence-electron chi connectivity index (χ1n) is 10.2. The maximum absolute atomic E-state index is 12.3. The third kappa shape index (κ3) is 5.80. The van der Waals surface area contributed by atoms with Crippen LogP contribution in [0.3, 0.4) is 0 Å². The maximum Gasteiger partial charge on any atom is 0.410 e. The first kappa shape index (κ1) is 20.4. The Labute approximate surface area is 162 Å². The van der Waals surface area contributed by atoms with Gasteiger partial charge in [0.05, 0.1) is 13.7 Å². The van der Waals surface area contributed by atoms with Gasteiger partial charge in [-0.15, -0.1) is 0 Å². The molecule has 3 rings (SSSR count). The fourth-order valence-corrected chi connectivity index (χ4v) is 4.27. The van der Waals surface area contributed by atoms with Crippen LogP contribution in [0.25, 0.3) is 0 Å². The van der Waals surface area contributed by atoms with Crippen molar-refractivity contribution in [3.8, 4) is 0 Å². The van der Waals surface area contributed by atoms with E-state index in [-0.39, 0.29) is 18.2 Å². The SMILES string of the molecule is COC(=O)CCCN1CCN(CC2CN(C3CCN(C)CC3)C(=O)O2)CC1. The van der Waals surface area contributed by atoms with Crippen molar-refractivity contribution in [1.82, 2.24) is 19.6 Å². The Morgan fingerprint density at radius 2 is 1.78 bits per heavy atom. The third-order valence-electron chi connectivity index (χ3n) is 6.04. The number of methoxy groups -OCH3 is 1. The average molecular weight is 383 g/mol.